The number of thiazole rings is 1. The van der Waals surface area contributed by atoms with Gasteiger partial charge in [-0.25, -0.2) is 0 Å². The van der Waals surface area contributed by atoms with Crippen molar-refractivity contribution < 1.29 is 0 Å². The van der Waals surface area contributed by atoms with Crippen LogP contribution in [0.5, 0.6) is 0 Å². The van der Waals surface area contributed by atoms with Crippen molar-refractivity contribution >= 4 is 33.2 Å². The fourth-order valence-corrected chi connectivity index (χ4v) is 2.26. The van der Waals surface area contributed by atoms with Crippen LogP contribution < -0.4 is 4.87 Å². The summed E-state index contributed by atoms with van der Waals surface area (Å²) in [5.74, 6) is 0. The van der Waals surface area contributed by atoms with Crippen LogP contribution in [0.1, 0.15) is 0 Å². The Bertz CT molecular complexity index is 485. The molecule has 0 fully saturated rings. The number of hydrogen-bond donors (Lipinski definition) is 0. The predicted octanol–water partition coefficient (Wildman–Crippen LogP) is 2.25. The first-order valence-corrected chi connectivity index (χ1v) is 4.63. The molecular formula is C8H6ClNOS. The summed E-state index contributed by atoms with van der Waals surface area (Å²) < 4.78 is 2.56. The lowest BCUT2D eigenvalue weighted by atomic mass is 10.3. The molecule has 1 heterocycles. The lowest BCUT2D eigenvalue weighted by Gasteiger charge is -1.92. The molecule has 62 valence electrons. The number of fused-ring (bicyclic) bond motifs is 1. The van der Waals surface area contributed by atoms with Crippen molar-refractivity contribution in [2.45, 2.75) is 0 Å². The Morgan fingerprint density at radius 3 is 3.00 bits per heavy atom. The van der Waals surface area contributed by atoms with E-state index >= 15 is 0 Å². The summed E-state index contributed by atoms with van der Waals surface area (Å²) >= 11 is 6.99. The third kappa shape index (κ3) is 1.06. The normalized spacial score (nSPS) is 10.8. The maximum absolute atomic E-state index is 11.2. The molecule has 0 aliphatic heterocycles. The van der Waals surface area contributed by atoms with Gasteiger partial charge in [0.15, 0.2) is 0 Å². The lowest BCUT2D eigenvalue weighted by Crippen LogP contribution is -2.06. The molecular weight excluding hydrogens is 194 g/mol. The summed E-state index contributed by atoms with van der Waals surface area (Å²) in [6, 6.07) is 5.45. The zero-order valence-electron chi connectivity index (χ0n) is 6.37. The first-order chi connectivity index (χ1) is 5.68. The average Bonchev–Trinajstić information content (AvgIpc) is 2.28. The van der Waals surface area contributed by atoms with E-state index in [0.29, 0.717) is 5.02 Å². The van der Waals surface area contributed by atoms with Crippen LogP contribution in [0.25, 0.3) is 10.2 Å². The van der Waals surface area contributed by atoms with Crippen LogP contribution in [0.2, 0.25) is 5.02 Å². The molecule has 0 amide bonds. The summed E-state index contributed by atoms with van der Waals surface area (Å²) in [4.78, 5) is 11.2. The fraction of sp³-hybridized carbons (Fsp3) is 0.125. The van der Waals surface area contributed by atoms with E-state index in [9.17, 15) is 4.79 Å². The third-order valence-electron chi connectivity index (χ3n) is 1.75. The van der Waals surface area contributed by atoms with E-state index in [4.69, 9.17) is 11.6 Å². The molecule has 0 aliphatic rings. The standard InChI is InChI=1S/C8H6ClNOS/c1-10-6-3-2-5(9)4-7(6)12-8(10)11/h2-4H,1H3. The molecule has 1 aromatic carbocycles. The molecule has 1 aromatic heterocycles. The second kappa shape index (κ2) is 2.61. The van der Waals surface area contributed by atoms with Gasteiger partial charge < -0.3 is 4.57 Å². The Balaban J connectivity index is 2.96. The van der Waals surface area contributed by atoms with Crippen LogP contribution in [-0.4, -0.2) is 4.57 Å². The Labute approximate surface area is 78.0 Å². The Kier molecular flexibility index (Phi) is 1.70. The van der Waals surface area contributed by atoms with Crippen molar-refractivity contribution in [1.82, 2.24) is 4.57 Å². The first kappa shape index (κ1) is 7.83. The molecule has 0 bridgehead atoms. The van der Waals surface area contributed by atoms with Gasteiger partial charge in [-0.05, 0) is 18.2 Å². The van der Waals surface area contributed by atoms with Crippen LogP contribution in [0, 0.1) is 0 Å². The molecule has 0 spiro atoms. The zero-order valence-corrected chi connectivity index (χ0v) is 7.95. The quantitative estimate of drug-likeness (QED) is 0.638. The van der Waals surface area contributed by atoms with Crippen molar-refractivity contribution in [3.8, 4) is 0 Å². The summed E-state index contributed by atoms with van der Waals surface area (Å²) in [5.41, 5.74) is 0.939. The number of nitrogens with zero attached hydrogens (tertiary/aromatic N) is 1. The van der Waals surface area contributed by atoms with Gasteiger partial charge in [-0.2, -0.15) is 0 Å². The number of halogens is 1. The van der Waals surface area contributed by atoms with E-state index in [-0.39, 0.29) is 4.87 Å². The van der Waals surface area contributed by atoms with Crippen LogP contribution in [-0.2, 0) is 7.05 Å². The zero-order chi connectivity index (χ0) is 8.72. The number of aromatic nitrogens is 1. The number of rotatable bonds is 0. The third-order valence-corrected chi connectivity index (χ3v) is 2.98. The van der Waals surface area contributed by atoms with Gasteiger partial charge in [-0.1, -0.05) is 22.9 Å². The Morgan fingerprint density at radius 1 is 1.50 bits per heavy atom. The van der Waals surface area contributed by atoms with Crippen molar-refractivity contribution in [3.05, 3.63) is 32.9 Å². The molecule has 0 unspecified atom stereocenters. The molecule has 0 N–H and O–H groups in total. The number of aryl methyl sites for hydroxylation is 1. The van der Waals surface area contributed by atoms with Crippen LogP contribution in [0.4, 0.5) is 0 Å². The lowest BCUT2D eigenvalue weighted by molar-refractivity contribution is 0.939. The molecule has 2 nitrogen and oxygen atoms in total. The highest BCUT2D eigenvalue weighted by atomic mass is 35.5. The molecule has 2 aromatic rings. The number of benzene rings is 1. The summed E-state index contributed by atoms with van der Waals surface area (Å²) in [6.07, 6.45) is 0. The van der Waals surface area contributed by atoms with Gasteiger partial charge in [0.25, 0.3) is 0 Å². The van der Waals surface area contributed by atoms with E-state index in [2.05, 4.69) is 0 Å². The van der Waals surface area contributed by atoms with Gasteiger partial charge in [0.1, 0.15) is 0 Å². The minimum atomic E-state index is 0.0484. The highest BCUT2D eigenvalue weighted by molar-refractivity contribution is 7.16. The molecule has 2 rings (SSSR count). The minimum Gasteiger partial charge on any atom is -0.302 e. The van der Waals surface area contributed by atoms with Gasteiger partial charge in [0.05, 0.1) is 10.2 Å². The largest absolute Gasteiger partial charge is 0.307 e. The van der Waals surface area contributed by atoms with E-state index in [1.54, 1.807) is 17.7 Å². The van der Waals surface area contributed by atoms with Crippen molar-refractivity contribution in [2.75, 3.05) is 0 Å². The monoisotopic (exact) mass is 199 g/mol. The molecule has 0 saturated heterocycles. The minimum absolute atomic E-state index is 0.0484. The van der Waals surface area contributed by atoms with Crippen molar-refractivity contribution in [3.63, 3.8) is 0 Å². The van der Waals surface area contributed by atoms with E-state index < -0.39 is 0 Å². The Hall–Kier alpha value is -0.800. The highest BCUT2D eigenvalue weighted by Crippen LogP contribution is 2.20. The molecule has 0 radical (unpaired) electrons. The predicted molar refractivity (Wildman–Crippen MR) is 52.1 cm³/mol. The van der Waals surface area contributed by atoms with E-state index in [1.807, 2.05) is 12.1 Å². The van der Waals surface area contributed by atoms with Crippen LogP contribution in [0.3, 0.4) is 0 Å². The molecule has 0 aliphatic carbocycles. The van der Waals surface area contributed by atoms with Gasteiger partial charge in [-0.15, -0.1) is 0 Å². The Morgan fingerprint density at radius 2 is 2.25 bits per heavy atom. The van der Waals surface area contributed by atoms with E-state index in [0.717, 1.165) is 10.2 Å². The molecule has 12 heavy (non-hydrogen) atoms. The molecule has 0 atom stereocenters. The van der Waals surface area contributed by atoms with E-state index in [1.165, 1.54) is 11.3 Å². The van der Waals surface area contributed by atoms with Gasteiger partial charge in [0.2, 0.25) is 0 Å². The summed E-state index contributed by atoms with van der Waals surface area (Å²) in [6.45, 7) is 0. The van der Waals surface area contributed by atoms with Gasteiger partial charge >= 0.3 is 4.87 Å². The fourth-order valence-electron chi connectivity index (χ4n) is 1.11. The SMILES string of the molecule is Cn1c(=O)sc2cc(Cl)ccc21. The maximum atomic E-state index is 11.2. The first-order valence-electron chi connectivity index (χ1n) is 3.43. The topological polar surface area (TPSA) is 22.0 Å². The maximum Gasteiger partial charge on any atom is 0.307 e. The smallest absolute Gasteiger partial charge is 0.302 e. The second-order valence-electron chi connectivity index (χ2n) is 2.54. The number of hydrogen-bond acceptors (Lipinski definition) is 2. The van der Waals surface area contributed by atoms with Crippen LogP contribution in [0.15, 0.2) is 23.0 Å². The van der Waals surface area contributed by atoms with Crippen molar-refractivity contribution in [1.29, 1.82) is 0 Å². The van der Waals surface area contributed by atoms with Crippen LogP contribution >= 0.6 is 22.9 Å². The van der Waals surface area contributed by atoms with Gasteiger partial charge in [-0.3, -0.25) is 4.79 Å². The van der Waals surface area contributed by atoms with Crippen molar-refractivity contribution in [2.24, 2.45) is 7.05 Å². The molecule has 4 heteroatoms. The highest BCUT2D eigenvalue weighted by Gasteiger charge is 2.02. The average molecular weight is 200 g/mol. The van der Waals surface area contributed by atoms with Gasteiger partial charge in [0, 0.05) is 12.1 Å². The summed E-state index contributed by atoms with van der Waals surface area (Å²) in [5, 5.41) is 0.671. The molecule has 0 saturated carbocycles. The summed E-state index contributed by atoms with van der Waals surface area (Å²) in [7, 11) is 1.76. The second-order valence-corrected chi connectivity index (χ2v) is 3.97.